The van der Waals surface area contributed by atoms with Crippen molar-refractivity contribution in [3.05, 3.63) is 42.2 Å². The Bertz CT molecular complexity index is 740. The Morgan fingerprint density at radius 1 is 1.39 bits per heavy atom. The number of carbonyl (C=O) groups is 1. The van der Waals surface area contributed by atoms with E-state index in [4.69, 9.17) is 5.11 Å². The molecular formula is C13H11N3O2. The van der Waals surface area contributed by atoms with Crippen LogP contribution >= 0.6 is 0 Å². The zero-order valence-corrected chi connectivity index (χ0v) is 9.71. The van der Waals surface area contributed by atoms with Crippen LogP contribution < -0.4 is 0 Å². The third kappa shape index (κ3) is 1.48. The average Bonchev–Trinajstić information content (AvgIpc) is 2.96. The average molecular weight is 241 g/mol. The highest BCUT2D eigenvalue weighted by atomic mass is 16.4. The van der Waals surface area contributed by atoms with Crippen molar-refractivity contribution in [2.75, 3.05) is 0 Å². The van der Waals surface area contributed by atoms with Gasteiger partial charge in [0.05, 0.1) is 11.9 Å². The summed E-state index contributed by atoms with van der Waals surface area (Å²) in [6.45, 7) is 0. The van der Waals surface area contributed by atoms with E-state index in [1.807, 2.05) is 42.1 Å². The van der Waals surface area contributed by atoms with Crippen LogP contribution in [0.5, 0.6) is 0 Å². The number of nitrogens with zero attached hydrogens (tertiary/aromatic N) is 2. The number of carboxylic acids is 1. The summed E-state index contributed by atoms with van der Waals surface area (Å²) in [5.74, 6) is -0.981. The number of nitrogens with one attached hydrogen (secondary N) is 1. The first kappa shape index (κ1) is 10.6. The maximum atomic E-state index is 11.1. The molecule has 5 heteroatoms. The molecule has 1 aromatic carbocycles. The molecule has 0 atom stereocenters. The largest absolute Gasteiger partial charge is 0.478 e. The van der Waals surface area contributed by atoms with Crippen molar-refractivity contribution in [3.8, 4) is 11.3 Å². The first-order valence-electron chi connectivity index (χ1n) is 5.49. The van der Waals surface area contributed by atoms with Crippen LogP contribution in [0.15, 0.2) is 36.7 Å². The molecular weight excluding hydrogens is 230 g/mol. The van der Waals surface area contributed by atoms with E-state index in [0.29, 0.717) is 5.69 Å². The van der Waals surface area contributed by atoms with Gasteiger partial charge in [-0.1, -0.05) is 12.1 Å². The summed E-state index contributed by atoms with van der Waals surface area (Å²) >= 11 is 0. The zero-order chi connectivity index (χ0) is 12.7. The molecule has 0 spiro atoms. The third-order valence-electron chi connectivity index (χ3n) is 3.05. The van der Waals surface area contributed by atoms with Crippen molar-refractivity contribution < 1.29 is 9.90 Å². The Labute approximate surface area is 103 Å². The number of fused-ring (bicyclic) bond motifs is 1. The minimum Gasteiger partial charge on any atom is -0.478 e. The fourth-order valence-electron chi connectivity index (χ4n) is 2.09. The molecule has 0 radical (unpaired) electrons. The van der Waals surface area contributed by atoms with Gasteiger partial charge in [-0.05, 0) is 17.5 Å². The van der Waals surface area contributed by atoms with Crippen molar-refractivity contribution in [1.29, 1.82) is 0 Å². The van der Waals surface area contributed by atoms with Gasteiger partial charge in [-0.2, -0.15) is 5.10 Å². The van der Waals surface area contributed by atoms with E-state index in [2.05, 4.69) is 10.2 Å². The standard InChI is InChI=1S/C13H11N3O2/c1-16-5-4-8-2-3-9(6-11(8)16)12-10(13(17)18)7-14-15-12/h2-7H,1H3,(H,14,15)(H,17,18). The van der Waals surface area contributed by atoms with E-state index in [1.165, 1.54) is 6.20 Å². The summed E-state index contributed by atoms with van der Waals surface area (Å²) in [5.41, 5.74) is 2.59. The summed E-state index contributed by atoms with van der Waals surface area (Å²) in [4.78, 5) is 11.1. The Morgan fingerprint density at radius 3 is 3.00 bits per heavy atom. The van der Waals surface area contributed by atoms with E-state index >= 15 is 0 Å². The second-order valence-electron chi connectivity index (χ2n) is 4.16. The lowest BCUT2D eigenvalue weighted by Gasteiger charge is -2.02. The number of aromatic nitrogens is 3. The molecule has 18 heavy (non-hydrogen) atoms. The monoisotopic (exact) mass is 241 g/mol. The molecule has 0 saturated heterocycles. The minimum atomic E-state index is -0.981. The number of hydrogen-bond acceptors (Lipinski definition) is 2. The van der Waals surface area contributed by atoms with Gasteiger partial charge < -0.3 is 9.67 Å². The molecule has 2 heterocycles. The SMILES string of the molecule is Cn1ccc2ccc(-c3[nH]ncc3C(=O)O)cc21. The molecule has 0 saturated carbocycles. The van der Waals surface area contributed by atoms with Crippen molar-refractivity contribution >= 4 is 16.9 Å². The van der Waals surface area contributed by atoms with Crippen LogP contribution in [0.3, 0.4) is 0 Å². The van der Waals surface area contributed by atoms with Crippen molar-refractivity contribution in [2.45, 2.75) is 0 Å². The van der Waals surface area contributed by atoms with Gasteiger partial charge in [-0.3, -0.25) is 5.10 Å². The second kappa shape index (κ2) is 3.73. The van der Waals surface area contributed by atoms with Gasteiger partial charge in [0.25, 0.3) is 0 Å². The lowest BCUT2D eigenvalue weighted by molar-refractivity contribution is 0.0698. The summed E-state index contributed by atoms with van der Waals surface area (Å²) in [6.07, 6.45) is 3.30. The van der Waals surface area contributed by atoms with E-state index in [1.54, 1.807) is 0 Å². The molecule has 3 aromatic rings. The highest BCUT2D eigenvalue weighted by Crippen LogP contribution is 2.25. The fourth-order valence-corrected chi connectivity index (χ4v) is 2.09. The van der Waals surface area contributed by atoms with Gasteiger partial charge in [0.15, 0.2) is 0 Å². The molecule has 3 rings (SSSR count). The van der Waals surface area contributed by atoms with Gasteiger partial charge in [0.2, 0.25) is 0 Å². The Hall–Kier alpha value is -2.56. The highest BCUT2D eigenvalue weighted by molar-refractivity contribution is 5.96. The van der Waals surface area contributed by atoms with Gasteiger partial charge >= 0.3 is 5.97 Å². The van der Waals surface area contributed by atoms with Crippen molar-refractivity contribution in [3.63, 3.8) is 0 Å². The lowest BCUT2D eigenvalue weighted by atomic mass is 10.1. The maximum Gasteiger partial charge on any atom is 0.339 e. The molecule has 0 unspecified atom stereocenters. The summed E-state index contributed by atoms with van der Waals surface area (Å²) in [5, 5.41) is 16.7. The first-order valence-corrected chi connectivity index (χ1v) is 5.49. The van der Waals surface area contributed by atoms with Gasteiger partial charge in [-0.25, -0.2) is 4.79 Å². The number of benzene rings is 1. The molecule has 0 fully saturated rings. The fraction of sp³-hybridized carbons (Fsp3) is 0.0769. The number of carboxylic acid groups (broad SMARTS) is 1. The third-order valence-corrected chi connectivity index (χ3v) is 3.05. The number of H-pyrrole nitrogens is 1. The van der Waals surface area contributed by atoms with Crippen LogP contribution in [0.1, 0.15) is 10.4 Å². The molecule has 0 aliphatic heterocycles. The zero-order valence-electron chi connectivity index (χ0n) is 9.71. The molecule has 2 N–H and O–H groups in total. The number of aromatic amines is 1. The van der Waals surface area contributed by atoms with E-state index in [0.717, 1.165) is 16.5 Å². The number of rotatable bonds is 2. The topological polar surface area (TPSA) is 70.9 Å². The lowest BCUT2D eigenvalue weighted by Crippen LogP contribution is -1.96. The highest BCUT2D eigenvalue weighted by Gasteiger charge is 2.14. The number of aromatic carboxylic acids is 1. The van der Waals surface area contributed by atoms with Crippen LogP contribution in [0.4, 0.5) is 0 Å². The predicted molar refractivity (Wildman–Crippen MR) is 67.5 cm³/mol. The van der Waals surface area contributed by atoms with Crippen molar-refractivity contribution in [2.24, 2.45) is 7.05 Å². The maximum absolute atomic E-state index is 11.1. The normalized spacial score (nSPS) is 10.9. The van der Waals surface area contributed by atoms with Crippen molar-refractivity contribution in [1.82, 2.24) is 14.8 Å². The number of hydrogen-bond donors (Lipinski definition) is 2. The van der Waals surface area contributed by atoms with Crippen LogP contribution in [0.25, 0.3) is 22.2 Å². The minimum absolute atomic E-state index is 0.184. The van der Waals surface area contributed by atoms with Gasteiger partial charge in [0.1, 0.15) is 5.56 Å². The van der Waals surface area contributed by atoms with Gasteiger partial charge in [-0.15, -0.1) is 0 Å². The summed E-state index contributed by atoms with van der Waals surface area (Å²) in [7, 11) is 1.96. The predicted octanol–water partition coefficient (Wildman–Crippen LogP) is 2.27. The van der Waals surface area contributed by atoms with E-state index < -0.39 is 5.97 Å². The van der Waals surface area contributed by atoms with Crippen LogP contribution in [-0.4, -0.2) is 25.8 Å². The van der Waals surface area contributed by atoms with E-state index in [9.17, 15) is 4.79 Å². The molecule has 5 nitrogen and oxygen atoms in total. The molecule has 0 bridgehead atoms. The molecule has 0 aliphatic rings. The smallest absolute Gasteiger partial charge is 0.339 e. The van der Waals surface area contributed by atoms with Crippen LogP contribution in [0, 0.1) is 0 Å². The van der Waals surface area contributed by atoms with E-state index in [-0.39, 0.29) is 5.56 Å². The second-order valence-corrected chi connectivity index (χ2v) is 4.16. The first-order chi connectivity index (χ1) is 8.66. The molecule has 0 aliphatic carbocycles. The summed E-state index contributed by atoms with van der Waals surface area (Å²) in [6, 6.07) is 7.83. The van der Waals surface area contributed by atoms with Crippen LogP contribution in [-0.2, 0) is 7.05 Å². The Morgan fingerprint density at radius 2 is 2.22 bits per heavy atom. The summed E-state index contributed by atoms with van der Waals surface area (Å²) < 4.78 is 2.00. The molecule has 90 valence electrons. The molecule has 2 aromatic heterocycles. The van der Waals surface area contributed by atoms with Gasteiger partial charge in [0, 0.05) is 24.3 Å². The number of aryl methyl sites for hydroxylation is 1. The van der Waals surface area contributed by atoms with Crippen LogP contribution in [0.2, 0.25) is 0 Å². The molecule has 0 amide bonds. The Balaban J connectivity index is 2.22. The quantitative estimate of drug-likeness (QED) is 0.723. The Kier molecular flexibility index (Phi) is 2.19.